The van der Waals surface area contributed by atoms with Crippen LogP contribution in [0.25, 0.3) is 0 Å². The van der Waals surface area contributed by atoms with Crippen LogP contribution in [0.2, 0.25) is 0 Å². The van der Waals surface area contributed by atoms with E-state index in [1.165, 1.54) is 17.2 Å². The number of aryl methyl sites for hydroxylation is 1. The number of nitrogens with zero attached hydrogens (tertiary/aromatic N) is 2. The second-order valence-corrected chi connectivity index (χ2v) is 6.28. The predicted molar refractivity (Wildman–Crippen MR) is 79.5 cm³/mol. The number of likely N-dealkylation sites (N-methyl/N-ethyl adjacent to an activating group) is 1. The Hall–Kier alpha value is -1.38. The van der Waals surface area contributed by atoms with Crippen molar-refractivity contribution in [3.05, 3.63) is 18.0 Å². The van der Waals surface area contributed by atoms with Gasteiger partial charge in [0.25, 0.3) is 5.91 Å². The van der Waals surface area contributed by atoms with Gasteiger partial charge < -0.3 is 14.2 Å². The molecule has 1 aromatic rings. The maximum absolute atomic E-state index is 12.4. The minimum absolute atomic E-state index is 0.0440. The van der Waals surface area contributed by atoms with Crippen LogP contribution in [0.3, 0.4) is 0 Å². The summed E-state index contributed by atoms with van der Waals surface area (Å²) in [7, 11) is -2.17. The van der Waals surface area contributed by atoms with Gasteiger partial charge >= 0.3 is 0 Å². The first-order chi connectivity index (χ1) is 9.81. The van der Waals surface area contributed by atoms with Crippen molar-refractivity contribution >= 4 is 15.9 Å². The van der Waals surface area contributed by atoms with Gasteiger partial charge in [0.15, 0.2) is 0 Å². The predicted octanol–water partition coefficient (Wildman–Crippen LogP) is 0.654. The Morgan fingerprint density at radius 2 is 2.10 bits per heavy atom. The average molecular weight is 317 g/mol. The Morgan fingerprint density at radius 3 is 2.62 bits per heavy atom. The lowest BCUT2D eigenvalue weighted by Crippen LogP contribution is -2.31. The summed E-state index contributed by atoms with van der Waals surface area (Å²) in [5.74, 6) is -0.252. The fourth-order valence-corrected chi connectivity index (χ4v) is 2.44. The molecule has 1 rings (SSSR count). The van der Waals surface area contributed by atoms with Crippen LogP contribution in [0.4, 0.5) is 0 Å². The molecule has 0 aliphatic heterocycles. The van der Waals surface area contributed by atoms with Gasteiger partial charge in [0.2, 0.25) is 10.0 Å². The molecule has 0 aliphatic carbocycles. The first kappa shape index (κ1) is 17.7. The van der Waals surface area contributed by atoms with Gasteiger partial charge in [-0.3, -0.25) is 4.79 Å². The number of ether oxygens (including phenoxy) is 1. The van der Waals surface area contributed by atoms with Crippen LogP contribution in [0.15, 0.2) is 17.2 Å². The normalized spacial score (nSPS) is 11.6. The van der Waals surface area contributed by atoms with E-state index in [-0.39, 0.29) is 10.8 Å². The van der Waals surface area contributed by atoms with Crippen molar-refractivity contribution in [2.45, 2.75) is 31.7 Å². The number of rotatable bonds is 8. The number of carbonyl (C=O) groups excluding carboxylic acids is 1. The summed E-state index contributed by atoms with van der Waals surface area (Å²) in [6.07, 6.45) is 2.18. The van der Waals surface area contributed by atoms with E-state index in [0.29, 0.717) is 32.0 Å². The van der Waals surface area contributed by atoms with Gasteiger partial charge in [-0.2, -0.15) is 0 Å². The summed E-state index contributed by atoms with van der Waals surface area (Å²) in [5, 5.41) is 5.12. The Bertz CT molecular complexity index is 580. The van der Waals surface area contributed by atoms with E-state index in [9.17, 15) is 13.2 Å². The van der Waals surface area contributed by atoms with Gasteiger partial charge in [0.05, 0.1) is 6.61 Å². The molecule has 21 heavy (non-hydrogen) atoms. The van der Waals surface area contributed by atoms with Gasteiger partial charge in [-0.05, 0) is 19.4 Å². The second-order valence-electron chi connectivity index (χ2n) is 4.72. The van der Waals surface area contributed by atoms with E-state index in [0.717, 1.165) is 6.42 Å². The summed E-state index contributed by atoms with van der Waals surface area (Å²) in [5.41, 5.74) is 0.319. The minimum Gasteiger partial charge on any atom is -0.380 e. The Morgan fingerprint density at radius 1 is 1.43 bits per heavy atom. The number of aromatic nitrogens is 1. The molecule has 0 aromatic carbocycles. The zero-order valence-electron chi connectivity index (χ0n) is 12.7. The molecule has 0 fully saturated rings. The topological polar surface area (TPSA) is 94.6 Å². The SMILES string of the molecule is CCCn1cc(S(N)(=O)=O)cc1C(=O)N(C)CCOCC. The van der Waals surface area contributed by atoms with Crippen LogP contribution < -0.4 is 5.14 Å². The number of amides is 1. The number of nitrogens with two attached hydrogens (primary N) is 1. The lowest BCUT2D eigenvalue weighted by Gasteiger charge is -2.18. The van der Waals surface area contributed by atoms with Gasteiger partial charge in [-0.25, -0.2) is 13.6 Å². The number of carbonyl (C=O) groups is 1. The van der Waals surface area contributed by atoms with E-state index in [2.05, 4.69) is 0 Å². The van der Waals surface area contributed by atoms with Crippen LogP contribution in [0.5, 0.6) is 0 Å². The van der Waals surface area contributed by atoms with Gasteiger partial charge in [-0.15, -0.1) is 0 Å². The van der Waals surface area contributed by atoms with Gasteiger partial charge in [-0.1, -0.05) is 6.92 Å². The number of hydrogen-bond donors (Lipinski definition) is 1. The zero-order valence-corrected chi connectivity index (χ0v) is 13.5. The van der Waals surface area contributed by atoms with Crippen LogP contribution in [0, 0.1) is 0 Å². The van der Waals surface area contributed by atoms with Crippen LogP contribution in [-0.2, 0) is 21.3 Å². The third-order valence-electron chi connectivity index (χ3n) is 3.01. The molecule has 7 nitrogen and oxygen atoms in total. The molecule has 2 N–H and O–H groups in total. The van der Waals surface area contributed by atoms with Crippen molar-refractivity contribution in [3.63, 3.8) is 0 Å². The molecule has 0 radical (unpaired) electrons. The summed E-state index contributed by atoms with van der Waals surface area (Å²) >= 11 is 0. The molecule has 1 amide bonds. The molecule has 0 unspecified atom stereocenters. The fourth-order valence-electron chi connectivity index (χ4n) is 1.89. The van der Waals surface area contributed by atoms with Gasteiger partial charge in [0.1, 0.15) is 10.6 Å². The van der Waals surface area contributed by atoms with Crippen molar-refractivity contribution in [1.82, 2.24) is 9.47 Å². The molecule has 120 valence electrons. The molecule has 8 heteroatoms. The maximum atomic E-state index is 12.4. The number of hydrogen-bond acceptors (Lipinski definition) is 4. The number of primary sulfonamides is 1. The highest BCUT2D eigenvalue weighted by atomic mass is 32.2. The molecule has 0 saturated heterocycles. The van der Waals surface area contributed by atoms with Crippen molar-refractivity contribution in [3.8, 4) is 0 Å². The van der Waals surface area contributed by atoms with E-state index in [4.69, 9.17) is 9.88 Å². The Kier molecular flexibility index (Phi) is 6.38. The van der Waals surface area contributed by atoms with E-state index in [1.807, 2.05) is 13.8 Å². The van der Waals surface area contributed by atoms with Crippen LogP contribution in [0.1, 0.15) is 30.8 Å². The third-order valence-corrected chi connectivity index (χ3v) is 3.89. The number of sulfonamides is 1. The summed E-state index contributed by atoms with van der Waals surface area (Å²) < 4.78 is 29.7. The molecular formula is C13H23N3O4S. The lowest BCUT2D eigenvalue weighted by molar-refractivity contribution is 0.0700. The van der Waals surface area contributed by atoms with Crippen molar-refractivity contribution < 1.29 is 17.9 Å². The molecule has 0 bridgehead atoms. The van der Waals surface area contributed by atoms with Crippen molar-refractivity contribution in [2.24, 2.45) is 5.14 Å². The summed E-state index contributed by atoms with van der Waals surface area (Å²) in [4.78, 5) is 13.8. The molecule has 1 heterocycles. The average Bonchev–Trinajstić information content (AvgIpc) is 2.82. The fraction of sp³-hybridized carbons (Fsp3) is 0.615. The quantitative estimate of drug-likeness (QED) is 0.712. The van der Waals surface area contributed by atoms with Crippen LogP contribution >= 0.6 is 0 Å². The Balaban J connectivity index is 2.99. The molecule has 0 spiro atoms. The van der Waals surface area contributed by atoms with Gasteiger partial charge in [0, 0.05) is 32.9 Å². The highest BCUT2D eigenvalue weighted by Crippen LogP contribution is 2.15. The lowest BCUT2D eigenvalue weighted by atomic mass is 10.3. The smallest absolute Gasteiger partial charge is 0.270 e. The molecule has 1 aromatic heterocycles. The highest BCUT2D eigenvalue weighted by Gasteiger charge is 2.21. The summed E-state index contributed by atoms with van der Waals surface area (Å²) in [6, 6.07) is 1.32. The highest BCUT2D eigenvalue weighted by molar-refractivity contribution is 7.89. The Labute approximate surface area is 125 Å². The minimum atomic E-state index is -3.82. The van der Waals surface area contributed by atoms with E-state index < -0.39 is 10.0 Å². The van der Waals surface area contributed by atoms with E-state index >= 15 is 0 Å². The first-order valence-electron chi connectivity index (χ1n) is 6.87. The maximum Gasteiger partial charge on any atom is 0.270 e. The zero-order chi connectivity index (χ0) is 16.0. The molecule has 0 aliphatic rings. The second kappa shape index (κ2) is 7.58. The monoisotopic (exact) mass is 317 g/mol. The molecule has 0 atom stereocenters. The van der Waals surface area contributed by atoms with Crippen LogP contribution in [-0.4, -0.2) is 50.6 Å². The molecule has 0 saturated carbocycles. The molecular weight excluding hydrogens is 294 g/mol. The first-order valence-corrected chi connectivity index (χ1v) is 8.42. The largest absolute Gasteiger partial charge is 0.380 e. The van der Waals surface area contributed by atoms with Crippen molar-refractivity contribution in [1.29, 1.82) is 0 Å². The van der Waals surface area contributed by atoms with Crippen molar-refractivity contribution in [2.75, 3.05) is 26.8 Å². The van der Waals surface area contributed by atoms with E-state index in [1.54, 1.807) is 11.6 Å². The standard InChI is InChI=1S/C13H23N3O4S/c1-4-6-16-10-11(21(14,18)19)9-12(16)13(17)15(3)7-8-20-5-2/h9-10H,4-8H2,1-3H3,(H2,14,18,19). The summed E-state index contributed by atoms with van der Waals surface area (Å²) in [6.45, 7) is 5.85. The third kappa shape index (κ3) is 4.83.